The quantitative estimate of drug-likeness (QED) is 0.899. The molecular formula is C13H19F3N2O. The Balaban J connectivity index is 2.04. The summed E-state index contributed by atoms with van der Waals surface area (Å²) in [5, 5.41) is 0. The first-order valence-corrected chi connectivity index (χ1v) is 6.42. The maximum absolute atomic E-state index is 12.7. The summed E-state index contributed by atoms with van der Waals surface area (Å²) < 4.78 is 43.6. The number of aryl methyl sites for hydroxylation is 1. The topological polar surface area (TPSA) is 37.9 Å². The van der Waals surface area contributed by atoms with Gasteiger partial charge in [0.25, 0.3) is 0 Å². The molecule has 0 aromatic carbocycles. The van der Waals surface area contributed by atoms with Crippen molar-refractivity contribution in [2.75, 3.05) is 0 Å². The molecule has 0 bridgehead atoms. The van der Waals surface area contributed by atoms with Crippen LogP contribution in [-0.2, 0) is 24.2 Å². The monoisotopic (exact) mass is 276 g/mol. The highest BCUT2D eigenvalue weighted by Gasteiger charge is 2.42. The van der Waals surface area contributed by atoms with Gasteiger partial charge in [-0.15, -0.1) is 0 Å². The van der Waals surface area contributed by atoms with Gasteiger partial charge in [-0.05, 0) is 33.6 Å². The first-order valence-electron chi connectivity index (χ1n) is 6.42. The van der Waals surface area contributed by atoms with Gasteiger partial charge in [0.15, 0.2) is 0 Å². The lowest BCUT2D eigenvalue weighted by atomic mass is 9.89. The Labute approximate surface area is 110 Å². The number of rotatable bonds is 2. The van der Waals surface area contributed by atoms with Gasteiger partial charge in [-0.25, -0.2) is 4.98 Å². The Kier molecular flexibility index (Phi) is 3.64. The third-order valence-electron chi connectivity index (χ3n) is 3.20. The van der Waals surface area contributed by atoms with E-state index in [0.717, 1.165) is 5.69 Å². The predicted octanol–water partition coefficient (Wildman–Crippen LogP) is 3.39. The van der Waals surface area contributed by atoms with Crippen LogP contribution in [-0.4, -0.2) is 21.7 Å². The molecule has 0 spiro atoms. The van der Waals surface area contributed by atoms with Crippen molar-refractivity contribution in [1.29, 1.82) is 0 Å². The lowest BCUT2D eigenvalue weighted by Crippen LogP contribution is -2.28. The van der Waals surface area contributed by atoms with Gasteiger partial charge in [-0.3, -0.25) is 0 Å². The number of nitrogens with one attached hydrogen (secondary N) is 1. The first-order chi connectivity index (χ1) is 8.65. The maximum Gasteiger partial charge on any atom is 0.392 e. The van der Waals surface area contributed by atoms with Crippen molar-refractivity contribution in [2.45, 2.75) is 58.4 Å². The molecule has 19 heavy (non-hydrogen) atoms. The van der Waals surface area contributed by atoms with Crippen molar-refractivity contribution in [3.05, 3.63) is 17.2 Å². The molecule has 0 aliphatic heterocycles. The van der Waals surface area contributed by atoms with E-state index in [1.54, 1.807) is 0 Å². The lowest BCUT2D eigenvalue weighted by molar-refractivity contribution is -0.177. The highest BCUT2D eigenvalue weighted by Crippen LogP contribution is 2.36. The van der Waals surface area contributed by atoms with Crippen molar-refractivity contribution in [3.8, 4) is 0 Å². The number of hydrogen-bond donors (Lipinski definition) is 1. The Morgan fingerprint density at radius 2 is 2.00 bits per heavy atom. The molecule has 108 valence electrons. The van der Waals surface area contributed by atoms with Crippen molar-refractivity contribution < 1.29 is 17.9 Å². The van der Waals surface area contributed by atoms with E-state index in [2.05, 4.69) is 9.97 Å². The number of ether oxygens (including phenoxy) is 1. The van der Waals surface area contributed by atoms with E-state index in [0.29, 0.717) is 24.5 Å². The third kappa shape index (κ3) is 3.72. The molecule has 1 aromatic heterocycles. The molecule has 6 heteroatoms. The van der Waals surface area contributed by atoms with E-state index >= 15 is 0 Å². The van der Waals surface area contributed by atoms with Gasteiger partial charge in [0, 0.05) is 12.1 Å². The third-order valence-corrected chi connectivity index (χ3v) is 3.20. The van der Waals surface area contributed by atoms with Crippen LogP contribution in [0.25, 0.3) is 0 Å². The van der Waals surface area contributed by atoms with Crippen LogP contribution in [0.5, 0.6) is 0 Å². The summed E-state index contributed by atoms with van der Waals surface area (Å²) in [4.78, 5) is 7.29. The van der Waals surface area contributed by atoms with Crippen molar-refractivity contribution in [3.63, 3.8) is 0 Å². The Morgan fingerprint density at radius 3 is 2.58 bits per heavy atom. The summed E-state index contributed by atoms with van der Waals surface area (Å²) in [7, 11) is 0. The molecule has 1 aromatic rings. The van der Waals surface area contributed by atoms with Crippen LogP contribution in [0.4, 0.5) is 13.2 Å². The number of aromatic amines is 1. The Bertz CT molecular complexity index is 446. The van der Waals surface area contributed by atoms with Crippen LogP contribution >= 0.6 is 0 Å². The zero-order valence-corrected chi connectivity index (χ0v) is 11.4. The number of alkyl halides is 3. The van der Waals surface area contributed by atoms with E-state index in [4.69, 9.17) is 4.74 Å². The van der Waals surface area contributed by atoms with Crippen molar-refractivity contribution >= 4 is 0 Å². The second-order valence-electron chi connectivity index (χ2n) is 5.99. The predicted molar refractivity (Wildman–Crippen MR) is 64.7 cm³/mol. The van der Waals surface area contributed by atoms with Crippen LogP contribution < -0.4 is 0 Å². The Hall–Kier alpha value is -1.04. The number of hydrogen-bond acceptors (Lipinski definition) is 2. The number of fused-ring (bicyclic) bond motifs is 1. The van der Waals surface area contributed by atoms with E-state index in [-0.39, 0.29) is 18.4 Å². The summed E-state index contributed by atoms with van der Waals surface area (Å²) in [6.45, 7) is 6.08. The van der Waals surface area contributed by atoms with Gasteiger partial charge in [-0.2, -0.15) is 13.2 Å². The SMILES string of the molecule is CC(C)(C)OCc1nc2c([nH]1)CC(C(F)(F)F)CC2. The molecule has 0 radical (unpaired) electrons. The average Bonchev–Trinajstić information content (AvgIpc) is 2.65. The van der Waals surface area contributed by atoms with Crippen LogP contribution in [0.3, 0.4) is 0 Å². The number of nitrogens with zero attached hydrogens (tertiary/aromatic N) is 1. The van der Waals surface area contributed by atoms with Gasteiger partial charge in [0.05, 0.1) is 17.2 Å². The van der Waals surface area contributed by atoms with Crippen LogP contribution in [0.15, 0.2) is 0 Å². The molecule has 1 unspecified atom stereocenters. The zero-order chi connectivity index (χ0) is 14.3. The first kappa shape index (κ1) is 14.4. The molecule has 1 N–H and O–H groups in total. The molecule has 1 atom stereocenters. The molecule has 2 rings (SSSR count). The van der Waals surface area contributed by atoms with Gasteiger partial charge >= 0.3 is 6.18 Å². The minimum Gasteiger partial charge on any atom is -0.368 e. The molecule has 0 saturated carbocycles. The highest BCUT2D eigenvalue weighted by atomic mass is 19.4. The summed E-state index contributed by atoms with van der Waals surface area (Å²) in [6, 6.07) is 0. The smallest absolute Gasteiger partial charge is 0.368 e. The molecule has 1 aliphatic carbocycles. The van der Waals surface area contributed by atoms with Crippen LogP contribution in [0, 0.1) is 5.92 Å². The summed E-state index contributed by atoms with van der Waals surface area (Å²) in [6.07, 6.45) is -3.61. The van der Waals surface area contributed by atoms with Gasteiger partial charge in [0.2, 0.25) is 0 Å². The van der Waals surface area contributed by atoms with Gasteiger partial charge in [0.1, 0.15) is 12.4 Å². The second-order valence-corrected chi connectivity index (χ2v) is 5.99. The number of halogens is 3. The zero-order valence-electron chi connectivity index (χ0n) is 11.4. The second kappa shape index (κ2) is 4.81. The maximum atomic E-state index is 12.7. The number of imidazole rings is 1. The molecule has 0 saturated heterocycles. The fraction of sp³-hybridized carbons (Fsp3) is 0.769. The molecule has 3 nitrogen and oxygen atoms in total. The summed E-state index contributed by atoms with van der Waals surface area (Å²) in [5.74, 6) is -0.639. The number of aromatic nitrogens is 2. The standard InChI is InChI=1S/C13H19F3N2O/c1-12(2,3)19-7-11-17-9-5-4-8(13(14,15)16)6-10(9)18-11/h8H,4-7H2,1-3H3,(H,17,18). The van der Waals surface area contributed by atoms with E-state index < -0.39 is 12.1 Å². The molecule has 1 heterocycles. The molecule has 0 amide bonds. The van der Waals surface area contributed by atoms with Crippen molar-refractivity contribution in [2.24, 2.45) is 5.92 Å². The van der Waals surface area contributed by atoms with Crippen molar-refractivity contribution in [1.82, 2.24) is 9.97 Å². The highest BCUT2D eigenvalue weighted by molar-refractivity contribution is 5.19. The minimum absolute atomic E-state index is 0.00134. The van der Waals surface area contributed by atoms with Gasteiger partial charge < -0.3 is 9.72 Å². The summed E-state index contributed by atoms with van der Waals surface area (Å²) in [5.41, 5.74) is 1.08. The van der Waals surface area contributed by atoms with Crippen LogP contribution in [0.1, 0.15) is 44.4 Å². The average molecular weight is 276 g/mol. The van der Waals surface area contributed by atoms with E-state index in [9.17, 15) is 13.2 Å². The van der Waals surface area contributed by atoms with E-state index in [1.165, 1.54) is 0 Å². The molecule has 1 aliphatic rings. The normalized spacial score (nSPS) is 20.4. The fourth-order valence-corrected chi connectivity index (χ4v) is 2.17. The lowest BCUT2D eigenvalue weighted by Gasteiger charge is -2.23. The molecule has 0 fully saturated rings. The summed E-state index contributed by atoms with van der Waals surface area (Å²) >= 11 is 0. The minimum atomic E-state index is -4.12. The largest absolute Gasteiger partial charge is 0.392 e. The molecular weight excluding hydrogens is 257 g/mol. The van der Waals surface area contributed by atoms with Gasteiger partial charge in [-0.1, -0.05) is 0 Å². The Morgan fingerprint density at radius 1 is 1.32 bits per heavy atom. The fourth-order valence-electron chi connectivity index (χ4n) is 2.17. The van der Waals surface area contributed by atoms with Crippen LogP contribution in [0.2, 0.25) is 0 Å². The number of H-pyrrole nitrogens is 1. The van der Waals surface area contributed by atoms with E-state index in [1.807, 2.05) is 20.8 Å².